The third-order valence-corrected chi connectivity index (χ3v) is 3.53. The number of hydrogen-bond acceptors (Lipinski definition) is 6. The molecule has 1 aromatic heterocycles. The number of amides is 2. The lowest BCUT2D eigenvalue weighted by molar-refractivity contribution is -0.143. The van der Waals surface area contributed by atoms with Crippen molar-refractivity contribution in [2.45, 2.75) is 39.7 Å². The minimum absolute atomic E-state index is 0.153. The van der Waals surface area contributed by atoms with E-state index in [-0.39, 0.29) is 30.9 Å². The van der Waals surface area contributed by atoms with Crippen molar-refractivity contribution in [3.8, 4) is 0 Å². The van der Waals surface area contributed by atoms with Gasteiger partial charge in [-0.25, -0.2) is 9.59 Å². The molecule has 136 valence electrons. The average Bonchev–Trinajstić information content (AvgIpc) is 2.99. The minimum Gasteiger partial charge on any atom is -0.464 e. The van der Waals surface area contributed by atoms with Gasteiger partial charge in [-0.1, -0.05) is 6.92 Å². The third kappa shape index (κ3) is 4.62. The van der Waals surface area contributed by atoms with Crippen LogP contribution in [0.15, 0.2) is 27.8 Å². The topological polar surface area (TPSA) is 107 Å². The lowest BCUT2D eigenvalue weighted by atomic mass is 10.0. The monoisotopic (exact) mass is 350 g/mol. The maximum atomic E-state index is 12.4. The molecule has 8 nitrogen and oxygen atoms in total. The Morgan fingerprint density at radius 2 is 2.00 bits per heavy atom. The van der Waals surface area contributed by atoms with Crippen molar-refractivity contribution in [2.24, 2.45) is 0 Å². The molecule has 0 bridgehead atoms. The van der Waals surface area contributed by atoms with E-state index >= 15 is 0 Å². The average molecular weight is 350 g/mol. The number of hydrogen-bond donors (Lipinski definition) is 2. The first-order valence-electron chi connectivity index (χ1n) is 8.15. The molecule has 0 saturated heterocycles. The number of carbonyl (C=O) groups is 3. The summed E-state index contributed by atoms with van der Waals surface area (Å²) in [4.78, 5) is 36.0. The van der Waals surface area contributed by atoms with E-state index in [1.54, 1.807) is 26.0 Å². The Bertz CT molecular complexity index is 691. The number of ether oxygens (including phenoxy) is 2. The summed E-state index contributed by atoms with van der Waals surface area (Å²) in [6.07, 6.45) is 0.903. The molecule has 0 aromatic carbocycles. The van der Waals surface area contributed by atoms with Gasteiger partial charge in [-0.05, 0) is 32.4 Å². The molecule has 1 aliphatic rings. The van der Waals surface area contributed by atoms with Crippen LogP contribution in [0.2, 0.25) is 0 Å². The summed E-state index contributed by atoms with van der Waals surface area (Å²) in [5.41, 5.74) is 0.339. The van der Waals surface area contributed by atoms with Gasteiger partial charge in [0.1, 0.15) is 24.2 Å². The largest absolute Gasteiger partial charge is 0.464 e. The van der Waals surface area contributed by atoms with Crippen LogP contribution in [0.3, 0.4) is 0 Å². The second-order valence-electron chi connectivity index (χ2n) is 5.50. The van der Waals surface area contributed by atoms with E-state index in [0.29, 0.717) is 17.9 Å². The van der Waals surface area contributed by atoms with Crippen LogP contribution in [0.1, 0.15) is 44.3 Å². The molecule has 25 heavy (non-hydrogen) atoms. The zero-order valence-corrected chi connectivity index (χ0v) is 14.5. The summed E-state index contributed by atoms with van der Waals surface area (Å²) in [7, 11) is 0. The van der Waals surface area contributed by atoms with Crippen molar-refractivity contribution < 1.29 is 28.3 Å². The molecule has 2 rings (SSSR count). The fraction of sp³-hybridized carbons (Fsp3) is 0.471. The van der Waals surface area contributed by atoms with Crippen LogP contribution >= 0.6 is 0 Å². The van der Waals surface area contributed by atoms with Crippen molar-refractivity contribution in [3.63, 3.8) is 0 Å². The van der Waals surface area contributed by atoms with Gasteiger partial charge in [-0.3, -0.25) is 4.79 Å². The van der Waals surface area contributed by atoms with E-state index in [4.69, 9.17) is 13.9 Å². The number of nitrogens with one attached hydrogen (secondary N) is 2. The van der Waals surface area contributed by atoms with Crippen LogP contribution in [-0.2, 0) is 19.1 Å². The van der Waals surface area contributed by atoms with E-state index < -0.39 is 24.0 Å². The number of aryl methyl sites for hydroxylation is 1. The molecule has 1 atom stereocenters. The minimum atomic E-state index is -0.818. The zero-order valence-electron chi connectivity index (χ0n) is 14.5. The van der Waals surface area contributed by atoms with Crippen molar-refractivity contribution in [1.82, 2.24) is 10.6 Å². The zero-order chi connectivity index (χ0) is 18.4. The van der Waals surface area contributed by atoms with Crippen molar-refractivity contribution in [3.05, 3.63) is 34.9 Å². The number of rotatable bonds is 7. The Morgan fingerprint density at radius 1 is 1.24 bits per heavy atom. The predicted molar refractivity (Wildman–Crippen MR) is 87.4 cm³/mol. The van der Waals surface area contributed by atoms with Gasteiger partial charge < -0.3 is 24.5 Å². The Balaban J connectivity index is 2.36. The summed E-state index contributed by atoms with van der Waals surface area (Å²) in [5, 5.41) is 5.15. The molecule has 2 amide bonds. The van der Waals surface area contributed by atoms with Crippen LogP contribution in [0.5, 0.6) is 0 Å². The van der Waals surface area contributed by atoms with Gasteiger partial charge in [0.2, 0.25) is 0 Å². The summed E-state index contributed by atoms with van der Waals surface area (Å²) < 4.78 is 15.8. The summed E-state index contributed by atoms with van der Waals surface area (Å²) >= 11 is 0. The van der Waals surface area contributed by atoms with E-state index in [2.05, 4.69) is 10.6 Å². The molecule has 0 fully saturated rings. The Morgan fingerprint density at radius 3 is 2.60 bits per heavy atom. The highest BCUT2D eigenvalue weighted by Gasteiger charge is 2.35. The molecule has 0 aliphatic carbocycles. The van der Waals surface area contributed by atoms with Crippen molar-refractivity contribution in [1.29, 1.82) is 0 Å². The van der Waals surface area contributed by atoms with Gasteiger partial charge in [0.05, 0.1) is 17.9 Å². The lowest BCUT2D eigenvalue weighted by Gasteiger charge is -2.27. The van der Waals surface area contributed by atoms with Crippen LogP contribution < -0.4 is 10.6 Å². The molecule has 0 saturated carbocycles. The summed E-state index contributed by atoms with van der Waals surface area (Å²) in [6, 6.07) is 2.06. The quantitative estimate of drug-likeness (QED) is 0.729. The fourth-order valence-corrected chi connectivity index (χ4v) is 2.43. The SMILES string of the molecule is CCCC(=O)OCC1=C(C(=O)OCC)[C@H](c2ccc(C)o2)NC(=O)N1. The number of urea groups is 1. The first-order valence-corrected chi connectivity index (χ1v) is 8.15. The van der Waals surface area contributed by atoms with Gasteiger partial charge in [-0.2, -0.15) is 0 Å². The molecular weight excluding hydrogens is 328 g/mol. The predicted octanol–water partition coefficient (Wildman–Crippen LogP) is 2.10. The summed E-state index contributed by atoms with van der Waals surface area (Å²) in [6.45, 7) is 5.24. The van der Waals surface area contributed by atoms with Gasteiger partial charge >= 0.3 is 18.0 Å². The number of esters is 2. The Labute approximate surface area is 145 Å². The second kappa shape index (κ2) is 8.36. The van der Waals surface area contributed by atoms with Crippen LogP contribution in [-0.4, -0.2) is 31.2 Å². The molecule has 0 radical (unpaired) electrons. The standard InChI is InChI=1S/C17H22N2O6/c1-4-6-13(20)24-9-11-14(16(21)23-5-2)15(19-17(22)18-11)12-8-7-10(3)25-12/h7-8,15H,4-6,9H2,1-3H3,(H2,18,19,22)/t15-/m0/s1. The highest BCUT2D eigenvalue weighted by Crippen LogP contribution is 2.29. The maximum Gasteiger partial charge on any atom is 0.338 e. The second-order valence-corrected chi connectivity index (χ2v) is 5.50. The van der Waals surface area contributed by atoms with Gasteiger partial charge in [0.15, 0.2) is 0 Å². The van der Waals surface area contributed by atoms with Gasteiger partial charge in [0.25, 0.3) is 0 Å². The molecule has 1 aliphatic heterocycles. The van der Waals surface area contributed by atoms with Crippen molar-refractivity contribution >= 4 is 18.0 Å². The van der Waals surface area contributed by atoms with E-state index in [9.17, 15) is 14.4 Å². The Hall–Kier alpha value is -2.77. The first kappa shape index (κ1) is 18.6. The third-order valence-electron chi connectivity index (χ3n) is 3.53. The normalized spacial score (nSPS) is 16.9. The maximum absolute atomic E-state index is 12.4. The van der Waals surface area contributed by atoms with E-state index in [1.165, 1.54) is 0 Å². The molecule has 0 unspecified atom stereocenters. The van der Waals surface area contributed by atoms with Crippen LogP contribution in [0, 0.1) is 6.92 Å². The number of carbonyl (C=O) groups excluding carboxylic acids is 3. The highest BCUT2D eigenvalue weighted by molar-refractivity contribution is 5.95. The first-order chi connectivity index (χ1) is 12.0. The van der Waals surface area contributed by atoms with E-state index in [0.717, 1.165) is 0 Å². The van der Waals surface area contributed by atoms with Crippen molar-refractivity contribution in [2.75, 3.05) is 13.2 Å². The molecule has 2 N–H and O–H groups in total. The van der Waals surface area contributed by atoms with Crippen LogP contribution in [0.4, 0.5) is 4.79 Å². The smallest absolute Gasteiger partial charge is 0.338 e. The fourth-order valence-electron chi connectivity index (χ4n) is 2.43. The molecule has 0 spiro atoms. The summed E-state index contributed by atoms with van der Waals surface area (Å²) in [5.74, 6) is 0.0154. The molecule has 8 heteroatoms. The molecule has 1 aromatic rings. The van der Waals surface area contributed by atoms with Gasteiger partial charge in [-0.15, -0.1) is 0 Å². The highest BCUT2D eigenvalue weighted by atomic mass is 16.5. The number of furan rings is 1. The van der Waals surface area contributed by atoms with Crippen LogP contribution in [0.25, 0.3) is 0 Å². The Kier molecular flexibility index (Phi) is 6.21. The van der Waals surface area contributed by atoms with Gasteiger partial charge in [0, 0.05) is 6.42 Å². The lowest BCUT2D eigenvalue weighted by Crippen LogP contribution is -2.47. The van der Waals surface area contributed by atoms with E-state index in [1.807, 2.05) is 6.92 Å². The molecular formula is C17H22N2O6. The molecule has 2 heterocycles.